The number of aromatic nitrogens is 1. The van der Waals surface area contributed by atoms with Crippen molar-refractivity contribution in [3.63, 3.8) is 0 Å². The van der Waals surface area contributed by atoms with E-state index in [-0.39, 0.29) is 18.3 Å². The van der Waals surface area contributed by atoms with Gasteiger partial charge < -0.3 is 18.8 Å². The van der Waals surface area contributed by atoms with Crippen molar-refractivity contribution < 1.29 is 31.9 Å². The first-order valence-electron chi connectivity index (χ1n) is 9.59. The van der Waals surface area contributed by atoms with Gasteiger partial charge in [-0.3, -0.25) is 4.57 Å². The number of benzene rings is 2. The molecule has 0 N–H and O–H groups in total. The van der Waals surface area contributed by atoms with Crippen molar-refractivity contribution in [1.29, 1.82) is 0 Å². The molecule has 4 rings (SSSR count). The number of carbonyl (C=O) groups excluding carboxylic acids is 1. The monoisotopic (exact) mass is 436 g/mol. The molecule has 7 nitrogen and oxygen atoms in total. The Morgan fingerprint density at radius 1 is 1.16 bits per heavy atom. The highest BCUT2D eigenvalue weighted by atomic mass is 19.4. The van der Waals surface area contributed by atoms with Crippen molar-refractivity contribution in [3.05, 3.63) is 53.0 Å². The molecule has 1 aliphatic heterocycles. The fraction of sp³-hybridized carbons (Fsp3) is 0.333. The van der Waals surface area contributed by atoms with Crippen molar-refractivity contribution >= 4 is 17.2 Å². The lowest BCUT2D eigenvalue weighted by Crippen LogP contribution is -2.39. The molecule has 2 aromatic carbocycles. The predicted octanol–water partition coefficient (Wildman–Crippen LogP) is 4.39. The fourth-order valence-corrected chi connectivity index (χ4v) is 3.86. The number of nitrogens with zero attached hydrogens (tertiary/aromatic N) is 2. The average molecular weight is 436 g/mol. The number of amides is 1. The number of hydrogen-bond acceptors (Lipinski definition) is 5. The van der Waals surface area contributed by atoms with Gasteiger partial charge in [-0.25, -0.2) is 9.59 Å². The number of fused-ring (bicyclic) bond motifs is 1. The minimum atomic E-state index is -4.76. The molecule has 1 saturated heterocycles. The first kappa shape index (κ1) is 20.8. The largest absolute Gasteiger partial charge is 0.573 e. The summed E-state index contributed by atoms with van der Waals surface area (Å²) in [6.45, 7) is 0.808. The van der Waals surface area contributed by atoms with Crippen molar-refractivity contribution in [3.8, 4) is 16.9 Å². The molecule has 10 heteroatoms. The van der Waals surface area contributed by atoms with Gasteiger partial charge in [-0.05, 0) is 48.2 Å². The lowest BCUT2D eigenvalue weighted by Gasteiger charge is -2.23. The molecule has 1 aromatic heterocycles. The first-order chi connectivity index (χ1) is 14.7. The van der Waals surface area contributed by atoms with Crippen LogP contribution in [0.3, 0.4) is 0 Å². The van der Waals surface area contributed by atoms with Crippen LogP contribution in [0.25, 0.3) is 22.2 Å². The van der Waals surface area contributed by atoms with Crippen molar-refractivity contribution in [2.75, 3.05) is 13.7 Å². The molecule has 0 unspecified atom stereocenters. The Kier molecular flexibility index (Phi) is 5.38. The number of carbonyl (C=O) groups is 1. The van der Waals surface area contributed by atoms with Crippen molar-refractivity contribution in [2.24, 2.45) is 0 Å². The maximum atomic E-state index is 12.4. The third kappa shape index (κ3) is 4.37. The molecular weight excluding hydrogens is 417 g/mol. The Balaban J connectivity index is 1.63. The van der Waals surface area contributed by atoms with Gasteiger partial charge in [0.05, 0.1) is 25.2 Å². The Morgan fingerprint density at radius 2 is 1.87 bits per heavy atom. The maximum absolute atomic E-state index is 12.4. The van der Waals surface area contributed by atoms with E-state index in [9.17, 15) is 22.8 Å². The molecule has 0 saturated carbocycles. The minimum Gasteiger partial charge on any atom is -0.453 e. The van der Waals surface area contributed by atoms with Gasteiger partial charge in [0.25, 0.3) is 0 Å². The highest BCUT2D eigenvalue weighted by Gasteiger charge is 2.31. The van der Waals surface area contributed by atoms with E-state index < -0.39 is 18.2 Å². The molecule has 1 aliphatic rings. The molecule has 2 heterocycles. The number of hydrogen-bond donors (Lipinski definition) is 0. The van der Waals surface area contributed by atoms with Crippen LogP contribution >= 0.6 is 0 Å². The fourth-order valence-electron chi connectivity index (χ4n) is 3.86. The standard InChI is InChI=1S/C21H19F3N2O5/c1-29-19(27)25-10-2-3-15(25)12-26-17-11-14(6-9-18(17)30-20(26)28)13-4-7-16(8-5-13)31-21(22,23)24/h4-9,11,15H,2-3,10,12H2,1H3/t15-/m1/s1. The van der Waals surface area contributed by atoms with Gasteiger partial charge in [-0.2, -0.15) is 0 Å². The summed E-state index contributed by atoms with van der Waals surface area (Å²) in [5.74, 6) is -0.862. The first-order valence-corrected chi connectivity index (χ1v) is 9.59. The molecule has 1 atom stereocenters. The van der Waals surface area contributed by atoms with Gasteiger partial charge in [0.1, 0.15) is 5.75 Å². The van der Waals surface area contributed by atoms with Gasteiger partial charge in [0, 0.05) is 6.54 Å². The molecule has 0 bridgehead atoms. The zero-order valence-corrected chi connectivity index (χ0v) is 16.5. The van der Waals surface area contributed by atoms with E-state index in [0.717, 1.165) is 12.8 Å². The lowest BCUT2D eigenvalue weighted by atomic mass is 10.1. The van der Waals surface area contributed by atoms with Gasteiger partial charge >= 0.3 is 18.2 Å². The number of oxazole rings is 1. The van der Waals surface area contributed by atoms with Crippen molar-refractivity contribution in [1.82, 2.24) is 9.47 Å². The summed E-state index contributed by atoms with van der Waals surface area (Å²) in [7, 11) is 1.31. The summed E-state index contributed by atoms with van der Waals surface area (Å²) in [5, 5.41) is 0. The number of halogens is 3. The highest BCUT2D eigenvalue weighted by molar-refractivity contribution is 5.81. The number of alkyl halides is 3. The Morgan fingerprint density at radius 3 is 2.55 bits per heavy atom. The number of ether oxygens (including phenoxy) is 2. The SMILES string of the molecule is COC(=O)N1CCC[C@@H]1Cn1c(=O)oc2ccc(-c3ccc(OC(F)(F)F)cc3)cc21. The molecular formula is C21H19F3N2O5. The zero-order chi connectivity index (χ0) is 22.2. The van der Waals surface area contributed by atoms with E-state index in [0.29, 0.717) is 28.8 Å². The highest BCUT2D eigenvalue weighted by Crippen LogP contribution is 2.29. The van der Waals surface area contributed by atoms with Gasteiger partial charge in [-0.15, -0.1) is 13.2 Å². The van der Waals surface area contributed by atoms with E-state index in [1.807, 2.05) is 0 Å². The smallest absolute Gasteiger partial charge is 0.453 e. The summed E-state index contributed by atoms with van der Waals surface area (Å²) < 4.78 is 52.6. The zero-order valence-electron chi connectivity index (χ0n) is 16.5. The second-order valence-corrected chi connectivity index (χ2v) is 7.19. The van der Waals surface area contributed by atoms with Gasteiger partial charge in [0.2, 0.25) is 0 Å². The summed E-state index contributed by atoms with van der Waals surface area (Å²) in [6.07, 6.45) is -3.66. The molecule has 3 aromatic rings. The van der Waals surface area contributed by atoms with Gasteiger partial charge in [-0.1, -0.05) is 18.2 Å². The molecule has 0 radical (unpaired) electrons. The summed E-state index contributed by atoms with van der Waals surface area (Å²) in [4.78, 5) is 26.0. The topological polar surface area (TPSA) is 73.9 Å². The second-order valence-electron chi connectivity index (χ2n) is 7.19. The normalized spacial score (nSPS) is 16.6. The Labute approximate surface area is 174 Å². The van der Waals surface area contributed by atoms with Crippen molar-refractivity contribution in [2.45, 2.75) is 31.8 Å². The van der Waals surface area contributed by atoms with Crippen LogP contribution in [0, 0.1) is 0 Å². The number of likely N-dealkylation sites (tertiary alicyclic amines) is 1. The average Bonchev–Trinajstić information content (AvgIpc) is 3.31. The van der Waals surface area contributed by atoms with E-state index in [1.54, 1.807) is 23.1 Å². The van der Waals surface area contributed by atoms with Crippen LogP contribution in [0.4, 0.5) is 18.0 Å². The molecule has 1 fully saturated rings. The van der Waals surface area contributed by atoms with Crippen LogP contribution in [0.15, 0.2) is 51.7 Å². The van der Waals surface area contributed by atoms with Gasteiger partial charge in [0.15, 0.2) is 5.58 Å². The third-order valence-electron chi connectivity index (χ3n) is 5.27. The van der Waals surface area contributed by atoms with E-state index >= 15 is 0 Å². The summed E-state index contributed by atoms with van der Waals surface area (Å²) in [6, 6.07) is 10.3. The van der Waals surface area contributed by atoms with E-state index in [1.165, 1.54) is 35.9 Å². The second kappa shape index (κ2) is 8.01. The van der Waals surface area contributed by atoms with Crippen LogP contribution in [0.2, 0.25) is 0 Å². The summed E-state index contributed by atoms with van der Waals surface area (Å²) >= 11 is 0. The van der Waals surface area contributed by atoms with Crippen LogP contribution < -0.4 is 10.5 Å². The lowest BCUT2D eigenvalue weighted by molar-refractivity contribution is -0.274. The van der Waals surface area contributed by atoms with E-state index in [2.05, 4.69) is 4.74 Å². The van der Waals surface area contributed by atoms with E-state index in [4.69, 9.17) is 9.15 Å². The van der Waals surface area contributed by atoms with Crippen LogP contribution in [0.5, 0.6) is 5.75 Å². The van der Waals surface area contributed by atoms with Crippen LogP contribution in [-0.4, -0.2) is 41.6 Å². The molecule has 31 heavy (non-hydrogen) atoms. The molecule has 1 amide bonds. The summed E-state index contributed by atoms with van der Waals surface area (Å²) in [5.41, 5.74) is 2.26. The Hall–Kier alpha value is -3.43. The number of methoxy groups -OCH3 is 1. The quantitative estimate of drug-likeness (QED) is 0.607. The Bertz CT molecular complexity index is 1150. The third-order valence-corrected chi connectivity index (χ3v) is 5.27. The molecule has 0 spiro atoms. The molecule has 0 aliphatic carbocycles. The minimum absolute atomic E-state index is 0.201. The maximum Gasteiger partial charge on any atom is 0.573 e. The number of rotatable bonds is 4. The molecule has 164 valence electrons. The van der Waals surface area contributed by atoms with Crippen LogP contribution in [-0.2, 0) is 11.3 Å². The predicted molar refractivity (Wildman–Crippen MR) is 105 cm³/mol. The van der Waals surface area contributed by atoms with Crippen LogP contribution in [0.1, 0.15) is 12.8 Å².